The first kappa shape index (κ1) is 18.9. The molecule has 4 rings (SSSR count). The Morgan fingerprint density at radius 3 is 2.64 bits per heavy atom. The van der Waals surface area contributed by atoms with Crippen molar-refractivity contribution in [3.63, 3.8) is 0 Å². The first-order chi connectivity index (χ1) is 13.7. The number of aromatic nitrogens is 2. The molecular formula is C21H16ClN3OS2. The molecule has 4 nitrogen and oxygen atoms in total. The molecule has 0 spiro atoms. The Balaban J connectivity index is 1.36. The molecule has 0 aliphatic rings. The van der Waals surface area contributed by atoms with Crippen LogP contribution in [0.4, 0.5) is 5.13 Å². The second-order valence-corrected chi connectivity index (χ2v) is 8.79. The predicted octanol–water partition coefficient (Wildman–Crippen LogP) is 5.82. The van der Waals surface area contributed by atoms with Gasteiger partial charge >= 0.3 is 0 Å². The number of carbonyl (C=O) groups is 1. The number of nitrogens with zero attached hydrogens (tertiary/aromatic N) is 2. The average molecular weight is 426 g/mol. The summed E-state index contributed by atoms with van der Waals surface area (Å²) in [6, 6.07) is 21.8. The highest BCUT2D eigenvalue weighted by molar-refractivity contribution is 8.00. The lowest BCUT2D eigenvalue weighted by Gasteiger charge is -2.06. The van der Waals surface area contributed by atoms with Gasteiger partial charge in [0.2, 0.25) is 11.0 Å². The average Bonchev–Trinajstić information content (AvgIpc) is 3.15. The third kappa shape index (κ3) is 4.70. The number of benzene rings is 3. The number of thioether (sulfide) groups is 1. The zero-order valence-corrected chi connectivity index (χ0v) is 17.2. The second kappa shape index (κ2) is 8.73. The van der Waals surface area contributed by atoms with Crippen LogP contribution in [-0.4, -0.2) is 16.1 Å². The van der Waals surface area contributed by atoms with Gasteiger partial charge in [0.25, 0.3) is 0 Å². The minimum atomic E-state index is -0.0956. The fraction of sp³-hybridized carbons (Fsp3) is 0.0952. The minimum Gasteiger partial charge on any atom is -0.300 e. The standard InChI is InChI=1S/C21H16ClN3OS2/c22-17-10-8-14(9-11-17)13-27-21-25-24-20(28-21)23-19(26)12-16-6-3-5-15-4-1-2-7-18(15)16/h1-11H,12-13H2,(H,23,24,26). The van der Waals surface area contributed by atoms with Crippen LogP contribution >= 0.6 is 34.7 Å². The van der Waals surface area contributed by atoms with Gasteiger partial charge < -0.3 is 5.32 Å². The molecule has 28 heavy (non-hydrogen) atoms. The molecule has 0 bridgehead atoms. The Bertz CT molecular complexity index is 1110. The lowest BCUT2D eigenvalue weighted by atomic mass is 10.0. The number of anilines is 1. The maximum Gasteiger partial charge on any atom is 0.230 e. The van der Waals surface area contributed by atoms with Gasteiger partial charge in [-0.15, -0.1) is 10.2 Å². The van der Waals surface area contributed by atoms with E-state index in [9.17, 15) is 4.79 Å². The van der Waals surface area contributed by atoms with Crippen molar-refractivity contribution in [3.8, 4) is 0 Å². The topological polar surface area (TPSA) is 54.9 Å². The van der Waals surface area contributed by atoms with Crippen molar-refractivity contribution < 1.29 is 4.79 Å². The van der Waals surface area contributed by atoms with Crippen molar-refractivity contribution in [1.29, 1.82) is 0 Å². The monoisotopic (exact) mass is 425 g/mol. The largest absolute Gasteiger partial charge is 0.300 e. The van der Waals surface area contributed by atoms with Crippen LogP contribution in [0.5, 0.6) is 0 Å². The summed E-state index contributed by atoms with van der Waals surface area (Å²) < 4.78 is 0.815. The number of carbonyl (C=O) groups excluding carboxylic acids is 1. The van der Waals surface area contributed by atoms with Crippen LogP contribution in [0, 0.1) is 0 Å². The van der Waals surface area contributed by atoms with Crippen LogP contribution < -0.4 is 5.32 Å². The summed E-state index contributed by atoms with van der Waals surface area (Å²) in [5.41, 5.74) is 2.16. The summed E-state index contributed by atoms with van der Waals surface area (Å²) in [5, 5.41) is 14.6. The van der Waals surface area contributed by atoms with Crippen molar-refractivity contribution >= 4 is 56.5 Å². The third-order valence-corrected chi connectivity index (χ3v) is 6.45. The molecule has 0 fully saturated rings. The van der Waals surface area contributed by atoms with Crippen LogP contribution in [0.2, 0.25) is 5.02 Å². The number of amides is 1. The number of halogens is 1. The smallest absolute Gasteiger partial charge is 0.230 e. The molecule has 0 saturated heterocycles. The molecule has 1 N–H and O–H groups in total. The van der Waals surface area contributed by atoms with E-state index >= 15 is 0 Å². The summed E-state index contributed by atoms with van der Waals surface area (Å²) >= 11 is 8.87. The molecule has 1 amide bonds. The fourth-order valence-electron chi connectivity index (χ4n) is 2.83. The molecule has 0 atom stereocenters. The molecule has 1 aromatic heterocycles. The number of hydrogen-bond donors (Lipinski definition) is 1. The summed E-state index contributed by atoms with van der Waals surface area (Å²) in [5.74, 6) is 0.678. The number of fused-ring (bicyclic) bond motifs is 1. The number of nitrogens with one attached hydrogen (secondary N) is 1. The highest BCUT2D eigenvalue weighted by atomic mass is 35.5. The number of rotatable bonds is 6. The van der Waals surface area contributed by atoms with E-state index < -0.39 is 0 Å². The second-order valence-electron chi connectivity index (χ2n) is 6.15. The summed E-state index contributed by atoms with van der Waals surface area (Å²) in [6.45, 7) is 0. The molecule has 7 heteroatoms. The molecule has 0 saturated carbocycles. The highest BCUT2D eigenvalue weighted by Crippen LogP contribution is 2.29. The van der Waals surface area contributed by atoms with Gasteiger partial charge in [-0.25, -0.2) is 0 Å². The lowest BCUT2D eigenvalue weighted by Crippen LogP contribution is -2.14. The molecule has 0 unspecified atom stereocenters. The van der Waals surface area contributed by atoms with Crippen LogP contribution in [0.1, 0.15) is 11.1 Å². The van der Waals surface area contributed by atoms with E-state index in [1.54, 1.807) is 11.8 Å². The first-order valence-electron chi connectivity index (χ1n) is 8.64. The van der Waals surface area contributed by atoms with Crippen molar-refractivity contribution in [2.24, 2.45) is 0 Å². The zero-order valence-electron chi connectivity index (χ0n) is 14.8. The Morgan fingerprint density at radius 2 is 1.79 bits per heavy atom. The van der Waals surface area contributed by atoms with E-state index in [2.05, 4.69) is 15.5 Å². The maximum atomic E-state index is 12.5. The lowest BCUT2D eigenvalue weighted by molar-refractivity contribution is -0.115. The zero-order chi connectivity index (χ0) is 19.3. The Morgan fingerprint density at radius 1 is 1.00 bits per heavy atom. The fourth-order valence-corrected chi connectivity index (χ4v) is 4.68. The molecule has 0 aliphatic carbocycles. The van der Waals surface area contributed by atoms with Gasteiger partial charge in [-0.2, -0.15) is 0 Å². The predicted molar refractivity (Wildman–Crippen MR) is 117 cm³/mol. The molecule has 1 heterocycles. The summed E-state index contributed by atoms with van der Waals surface area (Å²) in [6.07, 6.45) is 0.300. The molecule has 4 aromatic rings. The SMILES string of the molecule is O=C(Cc1cccc2ccccc12)Nc1nnc(SCc2ccc(Cl)cc2)s1. The van der Waals surface area contributed by atoms with E-state index in [0.29, 0.717) is 11.6 Å². The molecule has 140 valence electrons. The van der Waals surface area contributed by atoms with Crippen molar-refractivity contribution in [1.82, 2.24) is 10.2 Å². The van der Waals surface area contributed by atoms with Crippen molar-refractivity contribution in [3.05, 3.63) is 82.9 Å². The van der Waals surface area contributed by atoms with Crippen LogP contribution in [0.3, 0.4) is 0 Å². The van der Waals surface area contributed by atoms with Crippen LogP contribution in [0.25, 0.3) is 10.8 Å². The van der Waals surface area contributed by atoms with Gasteiger partial charge in [0.05, 0.1) is 6.42 Å². The quantitative estimate of drug-likeness (QED) is 0.312. The van der Waals surface area contributed by atoms with Crippen LogP contribution in [-0.2, 0) is 17.0 Å². The number of hydrogen-bond acceptors (Lipinski definition) is 5. The normalized spacial score (nSPS) is 10.9. The summed E-state index contributed by atoms with van der Waals surface area (Å²) in [7, 11) is 0. The van der Waals surface area contributed by atoms with E-state index in [1.165, 1.54) is 11.3 Å². The van der Waals surface area contributed by atoms with E-state index in [0.717, 1.165) is 37.0 Å². The molecule has 0 aliphatic heterocycles. The van der Waals surface area contributed by atoms with E-state index in [1.807, 2.05) is 66.7 Å². The van der Waals surface area contributed by atoms with Crippen molar-refractivity contribution in [2.75, 3.05) is 5.32 Å². The van der Waals surface area contributed by atoms with Gasteiger partial charge in [-0.05, 0) is 34.0 Å². The van der Waals surface area contributed by atoms with Crippen LogP contribution in [0.15, 0.2) is 71.1 Å². The van der Waals surface area contributed by atoms with Gasteiger partial charge in [0, 0.05) is 10.8 Å². The van der Waals surface area contributed by atoms with Gasteiger partial charge in [-0.1, -0.05) is 89.3 Å². The summed E-state index contributed by atoms with van der Waals surface area (Å²) in [4.78, 5) is 12.5. The van der Waals surface area contributed by atoms with Gasteiger partial charge in [0.1, 0.15) is 0 Å². The molecular weight excluding hydrogens is 410 g/mol. The van der Waals surface area contributed by atoms with E-state index in [-0.39, 0.29) is 5.91 Å². The Labute approximate surface area is 176 Å². The first-order valence-corrected chi connectivity index (χ1v) is 10.8. The van der Waals surface area contributed by atoms with Gasteiger partial charge in [0.15, 0.2) is 4.34 Å². The van der Waals surface area contributed by atoms with E-state index in [4.69, 9.17) is 11.6 Å². The third-order valence-electron chi connectivity index (χ3n) is 4.16. The molecule has 0 radical (unpaired) electrons. The maximum absolute atomic E-state index is 12.5. The Hall–Kier alpha value is -2.41. The minimum absolute atomic E-state index is 0.0956. The Kier molecular flexibility index (Phi) is 5.90. The highest BCUT2D eigenvalue weighted by Gasteiger charge is 2.11. The van der Waals surface area contributed by atoms with Gasteiger partial charge in [-0.3, -0.25) is 4.79 Å². The van der Waals surface area contributed by atoms with Crippen molar-refractivity contribution in [2.45, 2.75) is 16.5 Å². The molecule has 3 aromatic carbocycles.